The zero-order valence-electron chi connectivity index (χ0n) is 15.1. The summed E-state index contributed by atoms with van der Waals surface area (Å²) >= 11 is 0. The maximum Gasteiger partial charge on any atom is 0.328 e. The van der Waals surface area contributed by atoms with Gasteiger partial charge in [0, 0.05) is 18.8 Å². The number of nitrogen functional groups attached to an aromatic ring is 1. The number of hydrogen-bond acceptors (Lipinski definition) is 8. The van der Waals surface area contributed by atoms with Crippen LogP contribution in [0.1, 0.15) is 17.1 Å². The molecule has 0 amide bonds. The highest BCUT2D eigenvalue weighted by atomic mass is 16.5. The number of nitrogens with one attached hydrogen (secondary N) is 1. The molecular formula is C18H18N8O2. The van der Waals surface area contributed by atoms with Crippen molar-refractivity contribution in [2.24, 2.45) is 5.73 Å². The maximum absolute atomic E-state index is 12.3. The quantitative estimate of drug-likeness (QED) is 0.467. The van der Waals surface area contributed by atoms with Crippen LogP contribution in [0.4, 0.5) is 5.82 Å². The minimum atomic E-state index is -0.312. The summed E-state index contributed by atoms with van der Waals surface area (Å²) < 4.78 is 7.16. The fraction of sp³-hybridized carbons (Fsp3) is 0.167. The maximum atomic E-state index is 12.3. The van der Waals surface area contributed by atoms with Crippen molar-refractivity contribution in [1.82, 2.24) is 29.5 Å². The molecule has 0 radical (unpaired) electrons. The first kappa shape index (κ1) is 17.6. The van der Waals surface area contributed by atoms with E-state index >= 15 is 0 Å². The first-order valence-electron chi connectivity index (χ1n) is 8.54. The average Bonchev–Trinajstić information content (AvgIpc) is 3.00. The Morgan fingerprint density at radius 3 is 2.68 bits per heavy atom. The molecule has 28 heavy (non-hydrogen) atoms. The molecule has 0 fully saturated rings. The average molecular weight is 378 g/mol. The topological polar surface area (TPSA) is 151 Å². The number of imidazole rings is 1. The molecular weight excluding hydrogens is 360 g/mol. The number of pyridine rings is 2. The van der Waals surface area contributed by atoms with Gasteiger partial charge in [0.15, 0.2) is 11.5 Å². The number of rotatable bonds is 5. The zero-order chi connectivity index (χ0) is 19.7. The van der Waals surface area contributed by atoms with Gasteiger partial charge in [-0.25, -0.2) is 19.7 Å². The highest BCUT2D eigenvalue weighted by molar-refractivity contribution is 5.81. The summed E-state index contributed by atoms with van der Waals surface area (Å²) in [7, 11) is 0. The van der Waals surface area contributed by atoms with E-state index in [-0.39, 0.29) is 18.1 Å². The van der Waals surface area contributed by atoms with Crippen LogP contribution in [0, 0.1) is 6.92 Å². The van der Waals surface area contributed by atoms with Crippen molar-refractivity contribution in [3.05, 3.63) is 64.2 Å². The lowest BCUT2D eigenvalue weighted by atomic mass is 10.3. The van der Waals surface area contributed by atoms with Crippen LogP contribution in [0.25, 0.3) is 11.2 Å². The zero-order valence-corrected chi connectivity index (χ0v) is 15.1. The number of nitrogens with zero attached hydrogens (tertiary/aromatic N) is 5. The second kappa shape index (κ2) is 7.08. The first-order chi connectivity index (χ1) is 13.5. The van der Waals surface area contributed by atoms with Crippen molar-refractivity contribution in [3.8, 4) is 11.6 Å². The second-order valence-electron chi connectivity index (χ2n) is 6.17. The predicted octanol–water partition coefficient (Wildman–Crippen LogP) is 1.10. The van der Waals surface area contributed by atoms with Gasteiger partial charge in [0.25, 0.3) is 0 Å². The molecule has 0 unspecified atom stereocenters. The van der Waals surface area contributed by atoms with E-state index in [0.717, 1.165) is 11.3 Å². The van der Waals surface area contributed by atoms with Crippen LogP contribution in [-0.4, -0.2) is 29.5 Å². The van der Waals surface area contributed by atoms with Crippen molar-refractivity contribution < 1.29 is 4.74 Å². The Balaban J connectivity index is 1.56. The molecule has 0 saturated carbocycles. The summed E-state index contributed by atoms with van der Waals surface area (Å²) in [4.78, 5) is 31.8. The molecule has 10 heteroatoms. The van der Waals surface area contributed by atoms with Gasteiger partial charge in [0.2, 0.25) is 5.88 Å². The number of nitrogens with two attached hydrogens (primary N) is 2. The highest BCUT2D eigenvalue weighted by Crippen LogP contribution is 2.19. The number of anilines is 1. The summed E-state index contributed by atoms with van der Waals surface area (Å²) in [5.74, 6) is 1.72. The smallest absolute Gasteiger partial charge is 0.328 e. The molecule has 0 aromatic carbocycles. The molecule has 0 aliphatic rings. The Kier molecular flexibility index (Phi) is 4.45. The van der Waals surface area contributed by atoms with E-state index in [1.54, 1.807) is 37.5 Å². The SMILES string of the molecule is Cc1nc(N)c2[nH]c(=O)n(Cc3ccc(Oc4ccc(CN)nc4)nc3)c2n1. The molecule has 0 spiro atoms. The monoisotopic (exact) mass is 378 g/mol. The third kappa shape index (κ3) is 3.40. The van der Waals surface area contributed by atoms with E-state index in [9.17, 15) is 4.79 Å². The van der Waals surface area contributed by atoms with Crippen LogP contribution in [0.2, 0.25) is 0 Å². The summed E-state index contributed by atoms with van der Waals surface area (Å²) in [5.41, 5.74) is 13.6. The van der Waals surface area contributed by atoms with Crippen molar-refractivity contribution in [1.29, 1.82) is 0 Å². The molecule has 0 atom stereocenters. The normalized spacial score (nSPS) is 11.1. The van der Waals surface area contributed by atoms with E-state index in [2.05, 4.69) is 24.9 Å². The van der Waals surface area contributed by atoms with Crippen molar-refractivity contribution in [2.45, 2.75) is 20.0 Å². The lowest BCUT2D eigenvalue weighted by molar-refractivity contribution is 0.459. The van der Waals surface area contributed by atoms with Crippen LogP contribution >= 0.6 is 0 Å². The number of ether oxygens (including phenoxy) is 1. The van der Waals surface area contributed by atoms with E-state index in [4.69, 9.17) is 16.2 Å². The van der Waals surface area contributed by atoms with Crippen molar-refractivity contribution in [2.75, 3.05) is 5.73 Å². The molecule has 4 rings (SSSR count). The number of hydrogen-bond donors (Lipinski definition) is 3. The molecule has 142 valence electrons. The standard InChI is InChI=1S/C18H18N8O2/c1-10-23-16(20)15-17(24-10)26(18(27)25-15)9-11-2-5-14(22-7-11)28-13-4-3-12(6-19)21-8-13/h2-5,7-8H,6,9,19H2,1H3,(H,25,27)(H2,20,23,24). The Morgan fingerprint density at radius 1 is 1.14 bits per heavy atom. The highest BCUT2D eigenvalue weighted by Gasteiger charge is 2.13. The van der Waals surface area contributed by atoms with Crippen LogP contribution in [0.15, 0.2) is 41.5 Å². The van der Waals surface area contributed by atoms with Crippen molar-refractivity contribution in [3.63, 3.8) is 0 Å². The largest absolute Gasteiger partial charge is 0.437 e. The molecule has 4 aromatic heterocycles. The lowest BCUT2D eigenvalue weighted by Gasteiger charge is -2.07. The van der Waals surface area contributed by atoms with Gasteiger partial charge in [-0.2, -0.15) is 0 Å². The Labute approximate surface area is 159 Å². The van der Waals surface area contributed by atoms with E-state index in [0.29, 0.717) is 35.2 Å². The van der Waals surface area contributed by atoms with Gasteiger partial charge < -0.3 is 21.2 Å². The fourth-order valence-electron chi connectivity index (χ4n) is 2.77. The van der Waals surface area contributed by atoms with Crippen LogP contribution < -0.4 is 21.9 Å². The van der Waals surface area contributed by atoms with Gasteiger partial charge in [0.1, 0.15) is 17.1 Å². The van der Waals surface area contributed by atoms with E-state index in [1.165, 1.54) is 4.57 Å². The first-order valence-corrected chi connectivity index (χ1v) is 8.54. The minimum Gasteiger partial charge on any atom is -0.437 e. The lowest BCUT2D eigenvalue weighted by Crippen LogP contribution is -2.18. The summed E-state index contributed by atoms with van der Waals surface area (Å²) in [6.07, 6.45) is 3.23. The number of aryl methyl sites for hydroxylation is 1. The minimum absolute atomic E-state index is 0.245. The molecule has 10 nitrogen and oxygen atoms in total. The molecule has 0 aliphatic heterocycles. The molecule has 4 aromatic rings. The Bertz CT molecular complexity index is 1180. The Hall–Kier alpha value is -3.79. The second-order valence-corrected chi connectivity index (χ2v) is 6.17. The number of aromatic nitrogens is 6. The van der Waals surface area contributed by atoms with Gasteiger partial charge in [-0.3, -0.25) is 9.55 Å². The van der Waals surface area contributed by atoms with E-state index in [1.807, 2.05) is 6.07 Å². The summed E-state index contributed by atoms with van der Waals surface area (Å²) in [6, 6.07) is 7.12. The molecule has 5 N–H and O–H groups in total. The van der Waals surface area contributed by atoms with Crippen LogP contribution in [-0.2, 0) is 13.1 Å². The number of H-pyrrole nitrogens is 1. The molecule has 4 heterocycles. The van der Waals surface area contributed by atoms with Crippen LogP contribution in [0.3, 0.4) is 0 Å². The molecule has 0 aliphatic carbocycles. The third-order valence-corrected chi connectivity index (χ3v) is 4.13. The summed E-state index contributed by atoms with van der Waals surface area (Å²) in [5, 5.41) is 0. The number of aromatic amines is 1. The van der Waals surface area contributed by atoms with Gasteiger partial charge in [0.05, 0.1) is 18.4 Å². The molecule has 0 bridgehead atoms. The van der Waals surface area contributed by atoms with Gasteiger partial charge in [-0.05, 0) is 24.6 Å². The number of fused-ring (bicyclic) bond motifs is 1. The third-order valence-electron chi connectivity index (χ3n) is 4.13. The molecule has 0 saturated heterocycles. The van der Waals surface area contributed by atoms with Gasteiger partial charge in [-0.15, -0.1) is 0 Å². The van der Waals surface area contributed by atoms with Crippen molar-refractivity contribution >= 4 is 17.0 Å². The van der Waals surface area contributed by atoms with Gasteiger partial charge >= 0.3 is 5.69 Å². The van der Waals surface area contributed by atoms with Crippen LogP contribution in [0.5, 0.6) is 11.6 Å². The summed E-state index contributed by atoms with van der Waals surface area (Å²) in [6.45, 7) is 2.38. The van der Waals surface area contributed by atoms with Gasteiger partial charge in [-0.1, -0.05) is 6.07 Å². The van der Waals surface area contributed by atoms with E-state index < -0.39 is 0 Å². The Morgan fingerprint density at radius 2 is 2.00 bits per heavy atom. The predicted molar refractivity (Wildman–Crippen MR) is 103 cm³/mol. The fourth-order valence-corrected chi connectivity index (χ4v) is 2.77.